The molecule has 1 unspecified atom stereocenters. The van der Waals surface area contributed by atoms with E-state index in [0.29, 0.717) is 11.9 Å². The molecular formula is C16H24N4S. The SMILES string of the molecule is Cc1ccc(CC(C)Nc2cc(N)nc(C(C)(C)C)n2)s1. The number of nitrogen functional groups attached to an aromatic ring is 1. The third-order valence-corrected chi connectivity index (χ3v) is 4.14. The van der Waals surface area contributed by atoms with Crippen LogP contribution in [0.3, 0.4) is 0 Å². The van der Waals surface area contributed by atoms with Crippen LogP contribution in [0.1, 0.15) is 43.3 Å². The molecule has 21 heavy (non-hydrogen) atoms. The Balaban J connectivity index is 2.10. The van der Waals surface area contributed by atoms with Gasteiger partial charge < -0.3 is 11.1 Å². The van der Waals surface area contributed by atoms with Crippen LogP contribution in [-0.4, -0.2) is 16.0 Å². The number of aryl methyl sites for hydroxylation is 1. The van der Waals surface area contributed by atoms with E-state index in [0.717, 1.165) is 18.1 Å². The highest BCUT2D eigenvalue weighted by Gasteiger charge is 2.19. The molecule has 5 heteroatoms. The first-order valence-electron chi connectivity index (χ1n) is 7.21. The number of hydrogen-bond donors (Lipinski definition) is 2. The fraction of sp³-hybridized carbons (Fsp3) is 0.500. The summed E-state index contributed by atoms with van der Waals surface area (Å²) in [6.45, 7) is 10.5. The Morgan fingerprint density at radius 2 is 2.00 bits per heavy atom. The first kappa shape index (κ1) is 15.8. The van der Waals surface area contributed by atoms with Gasteiger partial charge in [0, 0.05) is 33.7 Å². The van der Waals surface area contributed by atoms with Gasteiger partial charge in [-0.3, -0.25) is 0 Å². The maximum Gasteiger partial charge on any atom is 0.138 e. The first-order chi connectivity index (χ1) is 9.74. The summed E-state index contributed by atoms with van der Waals surface area (Å²) in [5, 5.41) is 3.43. The number of thiophene rings is 1. The van der Waals surface area contributed by atoms with E-state index in [9.17, 15) is 0 Å². The molecule has 0 spiro atoms. The van der Waals surface area contributed by atoms with Crippen molar-refractivity contribution in [2.75, 3.05) is 11.1 Å². The predicted molar refractivity (Wildman–Crippen MR) is 91.0 cm³/mol. The van der Waals surface area contributed by atoms with Gasteiger partial charge in [-0.1, -0.05) is 20.8 Å². The summed E-state index contributed by atoms with van der Waals surface area (Å²) in [6.07, 6.45) is 0.979. The minimum Gasteiger partial charge on any atom is -0.384 e. The van der Waals surface area contributed by atoms with Crippen molar-refractivity contribution in [3.8, 4) is 0 Å². The molecule has 0 bridgehead atoms. The van der Waals surface area contributed by atoms with Gasteiger partial charge in [0.1, 0.15) is 17.5 Å². The highest BCUT2D eigenvalue weighted by Crippen LogP contribution is 2.22. The molecule has 114 valence electrons. The summed E-state index contributed by atoms with van der Waals surface area (Å²) in [4.78, 5) is 11.6. The average molecular weight is 304 g/mol. The lowest BCUT2D eigenvalue weighted by atomic mass is 9.96. The zero-order chi connectivity index (χ0) is 15.6. The third-order valence-electron chi connectivity index (χ3n) is 3.11. The van der Waals surface area contributed by atoms with Crippen LogP contribution < -0.4 is 11.1 Å². The molecular weight excluding hydrogens is 280 g/mol. The molecule has 2 heterocycles. The molecule has 1 atom stereocenters. The third kappa shape index (κ3) is 4.43. The van der Waals surface area contributed by atoms with E-state index in [2.05, 4.69) is 62.0 Å². The molecule has 2 aromatic rings. The van der Waals surface area contributed by atoms with Crippen LogP contribution in [0, 0.1) is 6.92 Å². The second kappa shape index (κ2) is 6.02. The molecule has 2 aromatic heterocycles. The minimum atomic E-state index is -0.111. The summed E-state index contributed by atoms with van der Waals surface area (Å²) in [6, 6.07) is 6.44. The zero-order valence-corrected chi connectivity index (χ0v) is 14.2. The quantitative estimate of drug-likeness (QED) is 0.902. The fourth-order valence-electron chi connectivity index (χ4n) is 2.08. The Labute approximate surface area is 130 Å². The van der Waals surface area contributed by atoms with Gasteiger partial charge in [-0.25, -0.2) is 9.97 Å². The van der Waals surface area contributed by atoms with E-state index < -0.39 is 0 Å². The van der Waals surface area contributed by atoms with Crippen molar-refractivity contribution in [2.45, 2.75) is 52.5 Å². The summed E-state index contributed by atoms with van der Waals surface area (Å²) in [5.41, 5.74) is 5.79. The molecule has 0 saturated heterocycles. The van der Waals surface area contributed by atoms with Crippen molar-refractivity contribution in [3.63, 3.8) is 0 Å². The Morgan fingerprint density at radius 3 is 2.57 bits per heavy atom. The predicted octanol–water partition coefficient (Wildman–Crippen LogP) is 3.77. The number of nitrogens with two attached hydrogens (primary N) is 1. The average Bonchev–Trinajstić information content (AvgIpc) is 2.72. The molecule has 3 N–H and O–H groups in total. The van der Waals surface area contributed by atoms with E-state index in [-0.39, 0.29) is 5.41 Å². The molecule has 0 aliphatic rings. The largest absolute Gasteiger partial charge is 0.384 e. The van der Waals surface area contributed by atoms with Gasteiger partial charge in [-0.2, -0.15) is 0 Å². The molecule has 4 nitrogen and oxygen atoms in total. The number of anilines is 2. The van der Waals surface area contributed by atoms with E-state index in [1.165, 1.54) is 9.75 Å². The van der Waals surface area contributed by atoms with Crippen molar-refractivity contribution in [1.82, 2.24) is 9.97 Å². The molecule has 0 amide bonds. The van der Waals surface area contributed by atoms with Gasteiger partial charge in [-0.15, -0.1) is 11.3 Å². The van der Waals surface area contributed by atoms with Crippen molar-refractivity contribution < 1.29 is 0 Å². The number of aromatic nitrogens is 2. The number of nitrogens with zero attached hydrogens (tertiary/aromatic N) is 2. The highest BCUT2D eigenvalue weighted by atomic mass is 32.1. The zero-order valence-electron chi connectivity index (χ0n) is 13.4. The molecule has 0 aliphatic carbocycles. The maximum atomic E-state index is 5.90. The van der Waals surface area contributed by atoms with Gasteiger partial charge >= 0.3 is 0 Å². The molecule has 0 saturated carbocycles. The molecule has 0 radical (unpaired) electrons. The number of nitrogens with one attached hydrogen (secondary N) is 1. The monoisotopic (exact) mass is 304 g/mol. The Kier molecular flexibility index (Phi) is 4.52. The van der Waals surface area contributed by atoms with Crippen LogP contribution >= 0.6 is 11.3 Å². The van der Waals surface area contributed by atoms with Crippen LogP contribution in [-0.2, 0) is 11.8 Å². The van der Waals surface area contributed by atoms with Crippen LogP contribution in [0.25, 0.3) is 0 Å². The van der Waals surface area contributed by atoms with Crippen molar-refractivity contribution in [1.29, 1.82) is 0 Å². The molecule has 0 aromatic carbocycles. The minimum absolute atomic E-state index is 0.111. The first-order valence-corrected chi connectivity index (χ1v) is 8.02. The lowest BCUT2D eigenvalue weighted by Crippen LogP contribution is -2.22. The Bertz CT molecular complexity index is 613. The maximum absolute atomic E-state index is 5.90. The summed E-state index contributed by atoms with van der Waals surface area (Å²) >= 11 is 1.84. The Hall–Kier alpha value is -1.62. The van der Waals surface area contributed by atoms with E-state index in [1.807, 2.05) is 11.3 Å². The topological polar surface area (TPSA) is 63.8 Å². The van der Waals surface area contributed by atoms with Gasteiger partial charge in [0.2, 0.25) is 0 Å². The van der Waals surface area contributed by atoms with E-state index >= 15 is 0 Å². The van der Waals surface area contributed by atoms with Gasteiger partial charge in [0.05, 0.1) is 0 Å². The standard InChI is InChI=1S/C16H24N4S/c1-10(8-12-7-6-11(2)21-12)18-14-9-13(17)19-15(20-14)16(3,4)5/h6-7,9-10H,8H2,1-5H3,(H3,17,18,19,20). The van der Waals surface area contributed by atoms with Crippen molar-refractivity contribution in [2.24, 2.45) is 0 Å². The van der Waals surface area contributed by atoms with E-state index in [4.69, 9.17) is 5.73 Å². The number of hydrogen-bond acceptors (Lipinski definition) is 5. The summed E-state index contributed by atoms with van der Waals surface area (Å²) < 4.78 is 0. The van der Waals surface area contributed by atoms with E-state index in [1.54, 1.807) is 6.07 Å². The van der Waals surface area contributed by atoms with Crippen molar-refractivity contribution >= 4 is 23.0 Å². The van der Waals surface area contributed by atoms with Crippen LogP contribution in [0.4, 0.5) is 11.6 Å². The van der Waals surface area contributed by atoms with Crippen molar-refractivity contribution in [3.05, 3.63) is 33.8 Å². The second-order valence-electron chi connectivity index (χ2n) is 6.51. The lowest BCUT2D eigenvalue weighted by Gasteiger charge is -2.20. The molecule has 2 rings (SSSR count). The Morgan fingerprint density at radius 1 is 1.29 bits per heavy atom. The van der Waals surface area contributed by atoms with Gasteiger partial charge in [0.25, 0.3) is 0 Å². The lowest BCUT2D eigenvalue weighted by molar-refractivity contribution is 0.546. The normalized spacial score (nSPS) is 13.2. The molecule has 0 aliphatic heterocycles. The van der Waals surface area contributed by atoms with Crippen LogP contribution in [0.5, 0.6) is 0 Å². The van der Waals surface area contributed by atoms with Gasteiger partial charge in [-0.05, 0) is 26.0 Å². The second-order valence-corrected chi connectivity index (χ2v) is 7.89. The van der Waals surface area contributed by atoms with Gasteiger partial charge in [0.15, 0.2) is 0 Å². The fourth-order valence-corrected chi connectivity index (χ4v) is 3.09. The summed E-state index contributed by atoms with van der Waals surface area (Å²) in [7, 11) is 0. The summed E-state index contributed by atoms with van der Waals surface area (Å²) in [5.74, 6) is 2.08. The number of rotatable bonds is 4. The van der Waals surface area contributed by atoms with Crippen LogP contribution in [0.15, 0.2) is 18.2 Å². The highest BCUT2D eigenvalue weighted by molar-refractivity contribution is 7.11. The smallest absolute Gasteiger partial charge is 0.138 e. The van der Waals surface area contributed by atoms with Crippen LogP contribution in [0.2, 0.25) is 0 Å². The molecule has 0 fully saturated rings.